The van der Waals surface area contributed by atoms with Crippen LogP contribution in [0.15, 0.2) is 55.2 Å². The van der Waals surface area contributed by atoms with E-state index in [0.717, 1.165) is 34.4 Å². The molecule has 2 aliphatic rings. The molecule has 0 bridgehead atoms. The number of amides is 1. The van der Waals surface area contributed by atoms with E-state index in [0.29, 0.717) is 24.9 Å². The number of rotatable bonds is 4. The highest BCUT2D eigenvalue weighted by Gasteiger charge is 2.43. The van der Waals surface area contributed by atoms with Crippen molar-refractivity contribution in [1.82, 2.24) is 24.6 Å². The zero-order valence-corrected chi connectivity index (χ0v) is 16.7. The predicted molar refractivity (Wildman–Crippen MR) is 110 cm³/mol. The summed E-state index contributed by atoms with van der Waals surface area (Å²) in [6.45, 7) is 1.26. The summed E-state index contributed by atoms with van der Waals surface area (Å²) in [4.78, 5) is 33.5. The van der Waals surface area contributed by atoms with Crippen LogP contribution in [-0.4, -0.2) is 60.9 Å². The van der Waals surface area contributed by atoms with E-state index in [9.17, 15) is 9.59 Å². The van der Waals surface area contributed by atoms with Crippen LogP contribution in [0, 0.1) is 11.8 Å². The molecule has 9 heteroatoms. The SMILES string of the molecule is O=C(O)c1ccn(C(=O)N2C[C@H]3CC(Oc4cccc(-c5cncnc5)c4)C[C@@H]3C2)n1. The molecule has 0 spiro atoms. The van der Waals surface area contributed by atoms with Gasteiger partial charge in [0.15, 0.2) is 5.69 Å². The van der Waals surface area contributed by atoms with Crippen molar-refractivity contribution in [2.75, 3.05) is 13.1 Å². The second-order valence-electron chi connectivity index (χ2n) is 8.02. The van der Waals surface area contributed by atoms with Crippen molar-refractivity contribution in [3.63, 3.8) is 0 Å². The fraction of sp³-hybridized carbons (Fsp3) is 0.318. The maximum absolute atomic E-state index is 12.7. The Bertz CT molecular complexity index is 1100. The van der Waals surface area contributed by atoms with Gasteiger partial charge in [0, 0.05) is 37.2 Å². The second-order valence-corrected chi connectivity index (χ2v) is 8.02. The van der Waals surface area contributed by atoms with E-state index in [1.807, 2.05) is 24.3 Å². The molecule has 1 aromatic carbocycles. The lowest BCUT2D eigenvalue weighted by molar-refractivity contribution is 0.0690. The molecule has 1 N–H and O–H groups in total. The van der Waals surface area contributed by atoms with Crippen molar-refractivity contribution in [3.05, 3.63) is 60.9 Å². The molecule has 1 aliphatic carbocycles. The largest absolute Gasteiger partial charge is 0.490 e. The normalized spacial score (nSPS) is 20.6. The first-order valence-electron chi connectivity index (χ1n) is 10.2. The molecule has 2 fully saturated rings. The molecular formula is C22H21N5O4. The van der Waals surface area contributed by atoms with Crippen LogP contribution in [-0.2, 0) is 0 Å². The van der Waals surface area contributed by atoms with Gasteiger partial charge in [-0.1, -0.05) is 12.1 Å². The lowest BCUT2D eigenvalue weighted by Crippen LogP contribution is -2.34. The molecule has 5 rings (SSSR count). The minimum Gasteiger partial charge on any atom is -0.490 e. The predicted octanol–water partition coefficient (Wildman–Crippen LogP) is 2.80. The summed E-state index contributed by atoms with van der Waals surface area (Å²) >= 11 is 0. The fourth-order valence-electron chi connectivity index (χ4n) is 4.58. The van der Waals surface area contributed by atoms with Gasteiger partial charge in [0.1, 0.15) is 12.1 Å². The van der Waals surface area contributed by atoms with Crippen LogP contribution < -0.4 is 4.74 Å². The van der Waals surface area contributed by atoms with Crippen LogP contribution in [0.2, 0.25) is 0 Å². The number of carbonyl (C=O) groups excluding carboxylic acids is 1. The summed E-state index contributed by atoms with van der Waals surface area (Å²) < 4.78 is 7.37. The lowest BCUT2D eigenvalue weighted by Gasteiger charge is -2.20. The number of carboxylic acids is 1. The Kier molecular flexibility index (Phi) is 4.85. The number of carboxylic acid groups (broad SMARTS) is 1. The van der Waals surface area contributed by atoms with Gasteiger partial charge in [-0.2, -0.15) is 9.78 Å². The van der Waals surface area contributed by atoms with Gasteiger partial charge < -0.3 is 14.7 Å². The van der Waals surface area contributed by atoms with E-state index in [-0.39, 0.29) is 17.8 Å². The first-order valence-corrected chi connectivity index (χ1v) is 10.2. The summed E-state index contributed by atoms with van der Waals surface area (Å²) in [5.74, 6) is 0.411. The van der Waals surface area contributed by atoms with Gasteiger partial charge in [0.05, 0.1) is 6.10 Å². The van der Waals surface area contributed by atoms with Gasteiger partial charge in [0.2, 0.25) is 0 Å². The van der Waals surface area contributed by atoms with E-state index in [2.05, 4.69) is 15.1 Å². The third-order valence-corrected chi connectivity index (χ3v) is 6.01. The van der Waals surface area contributed by atoms with Crippen LogP contribution >= 0.6 is 0 Å². The van der Waals surface area contributed by atoms with Crippen LogP contribution in [0.25, 0.3) is 11.1 Å². The van der Waals surface area contributed by atoms with Crippen molar-refractivity contribution < 1.29 is 19.4 Å². The number of hydrogen-bond donors (Lipinski definition) is 1. The Morgan fingerprint density at radius 1 is 1.03 bits per heavy atom. The zero-order chi connectivity index (χ0) is 21.4. The van der Waals surface area contributed by atoms with Crippen molar-refractivity contribution in [2.45, 2.75) is 18.9 Å². The van der Waals surface area contributed by atoms with Gasteiger partial charge in [0.25, 0.3) is 0 Å². The summed E-state index contributed by atoms with van der Waals surface area (Å²) in [6, 6.07) is 8.97. The zero-order valence-electron chi connectivity index (χ0n) is 16.7. The smallest absolute Gasteiger partial charge is 0.356 e. The van der Waals surface area contributed by atoms with E-state index in [1.54, 1.807) is 17.3 Å². The standard InChI is InChI=1S/C22H21N5O4/c28-21(29)20-4-5-27(25-20)22(30)26-11-15-7-19(8-16(15)12-26)31-18-3-1-2-14(6-18)17-9-23-13-24-10-17/h1-6,9-10,13,15-16,19H,7-8,11-12H2,(H,28,29)/t15-,16-/m1/s1. The van der Waals surface area contributed by atoms with Crippen molar-refractivity contribution in [1.29, 1.82) is 0 Å². The molecule has 1 amide bonds. The summed E-state index contributed by atoms with van der Waals surface area (Å²) in [7, 11) is 0. The second kappa shape index (κ2) is 7.82. The number of nitrogens with zero attached hydrogens (tertiary/aromatic N) is 5. The van der Waals surface area contributed by atoms with E-state index in [4.69, 9.17) is 9.84 Å². The summed E-state index contributed by atoms with van der Waals surface area (Å²) in [5.41, 5.74) is 1.81. The van der Waals surface area contributed by atoms with Crippen molar-refractivity contribution in [3.8, 4) is 16.9 Å². The van der Waals surface area contributed by atoms with Gasteiger partial charge in [-0.25, -0.2) is 19.6 Å². The highest BCUT2D eigenvalue weighted by atomic mass is 16.5. The minimum absolute atomic E-state index is 0.109. The van der Waals surface area contributed by atoms with Gasteiger partial charge >= 0.3 is 12.0 Å². The van der Waals surface area contributed by atoms with E-state index < -0.39 is 5.97 Å². The van der Waals surface area contributed by atoms with Crippen LogP contribution in [0.5, 0.6) is 5.75 Å². The molecule has 1 aliphatic heterocycles. The number of ether oxygens (including phenoxy) is 1. The number of aromatic nitrogens is 4. The fourth-order valence-corrected chi connectivity index (χ4v) is 4.58. The molecule has 31 heavy (non-hydrogen) atoms. The number of benzene rings is 1. The molecule has 1 saturated carbocycles. The molecule has 3 aromatic rings. The van der Waals surface area contributed by atoms with Crippen molar-refractivity contribution in [2.24, 2.45) is 11.8 Å². The average molecular weight is 419 g/mol. The molecule has 0 radical (unpaired) electrons. The Morgan fingerprint density at radius 3 is 2.45 bits per heavy atom. The van der Waals surface area contributed by atoms with E-state index >= 15 is 0 Å². The average Bonchev–Trinajstić information content (AvgIpc) is 3.49. The van der Waals surface area contributed by atoms with Crippen LogP contribution in [0.4, 0.5) is 4.79 Å². The maximum Gasteiger partial charge on any atom is 0.356 e. The lowest BCUT2D eigenvalue weighted by atomic mass is 10.0. The number of hydrogen-bond acceptors (Lipinski definition) is 6. The highest BCUT2D eigenvalue weighted by Crippen LogP contribution is 2.40. The number of likely N-dealkylation sites (tertiary alicyclic amines) is 1. The van der Waals surface area contributed by atoms with E-state index in [1.165, 1.54) is 18.6 Å². The van der Waals surface area contributed by atoms with Crippen molar-refractivity contribution >= 4 is 12.0 Å². The maximum atomic E-state index is 12.7. The Labute approximate surface area is 178 Å². The molecule has 9 nitrogen and oxygen atoms in total. The monoisotopic (exact) mass is 419 g/mol. The van der Waals surface area contributed by atoms with Gasteiger partial charge in [-0.05, 0) is 48.4 Å². The van der Waals surface area contributed by atoms with Gasteiger partial charge in [-0.3, -0.25) is 0 Å². The van der Waals surface area contributed by atoms with Crippen LogP contribution in [0.3, 0.4) is 0 Å². The molecule has 0 unspecified atom stereocenters. The Hall–Kier alpha value is -3.75. The third kappa shape index (κ3) is 3.86. The molecule has 158 valence electrons. The van der Waals surface area contributed by atoms with Gasteiger partial charge in [-0.15, -0.1) is 0 Å². The highest BCUT2D eigenvalue weighted by molar-refractivity contribution is 5.86. The first kappa shape index (κ1) is 19.2. The number of carbonyl (C=O) groups is 2. The Morgan fingerprint density at radius 2 is 1.77 bits per heavy atom. The molecule has 2 aromatic heterocycles. The first-order chi connectivity index (χ1) is 15.1. The summed E-state index contributed by atoms with van der Waals surface area (Å²) in [6.07, 6.45) is 8.33. The Balaban J connectivity index is 1.20. The molecule has 1 saturated heterocycles. The molecule has 3 heterocycles. The topological polar surface area (TPSA) is 110 Å². The van der Waals surface area contributed by atoms with Crippen LogP contribution in [0.1, 0.15) is 23.3 Å². The number of fused-ring (bicyclic) bond motifs is 1. The number of aromatic carboxylic acids is 1. The molecular weight excluding hydrogens is 398 g/mol. The quantitative estimate of drug-likeness (QED) is 0.692. The minimum atomic E-state index is -1.14. The molecule has 2 atom stereocenters. The summed E-state index contributed by atoms with van der Waals surface area (Å²) in [5, 5.41) is 12.8. The third-order valence-electron chi connectivity index (χ3n) is 6.01.